The lowest BCUT2D eigenvalue weighted by Gasteiger charge is -2.32. The van der Waals surface area contributed by atoms with Gasteiger partial charge in [0.25, 0.3) is 0 Å². The fraction of sp³-hybridized carbons (Fsp3) is 0.462. The number of hydrogen-bond acceptors (Lipinski definition) is 3. The van der Waals surface area contributed by atoms with Crippen molar-refractivity contribution in [1.29, 1.82) is 0 Å². The Bertz CT molecular complexity index is 914. The maximum atomic E-state index is 13.3. The van der Waals surface area contributed by atoms with Gasteiger partial charge in [-0.3, -0.25) is 9.59 Å². The van der Waals surface area contributed by atoms with Gasteiger partial charge >= 0.3 is 0 Å². The van der Waals surface area contributed by atoms with Gasteiger partial charge in [-0.1, -0.05) is 61.2 Å². The molecule has 33 heavy (non-hydrogen) atoms. The summed E-state index contributed by atoms with van der Waals surface area (Å²) < 4.78 is 5.72. The number of carbonyl (C=O) groups is 2. The van der Waals surface area contributed by atoms with Gasteiger partial charge < -0.3 is 15.0 Å². The Kier molecular flexibility index (Phi) is 9.89. The minimum atomic E-state index is -0.536. The van der Waals surface area contributed by atoms with E-state index in [4.69, 9.17) is 27.9 Å². The van der Waals surface area contributed by atoms with Crippen molar-refractivity contribution in [1.82, 2.24) is 10.2 Å². The number of benzene rings is 2. The number of carbonyl (C=O) groups excluding carboxylic acids is 2. The van der Waals surface area contributed by atoms with E-state index in [1.807, 2.05) is 25.1 Å². The van der Waals surface area contributed by atoms with Crippen LogP contribution >= 0.6 is 23.2 Å². The second-order valence-corrected chi connectivity index (χ2v) is 9.28. The molecule has 7 heteroatoms. The first-order valence-corrected chi connectivity index (χ1v) is 12.4. The second kappa shape index (κ2) is 12.9. The molecule has 3 rings (SSSR count). The lowest BCUT2D eigenvalue weighted by molar-refractivity contribution is -0.141. The molecule has 1 aliphatic rings. The zero-order chi connectivity index (χ0) is 23.6. The molecule has 0 bridgehead atoms. The molecule has 0 radical (unpaired) electrons. The van der Waals surface area contributed by atoms with Crippen LogP contribution in [0.5, 0.6) is 5.75 Å². The minimum Gasteiger partial charge on any atom is -0.494 e. The van der Waals surface area contributed by atoms with Crippen LogP contribution < -0.4 is 10.1 Å². The molecule has 1 N–H and O–H groups in total. The number of hydrogen-bond donors (Lipinski definition) is 1. The van der Waals surface area contributed by atoms with Crippen molar-refractivity contribution in [2.45, 2.75) is 70.5 Å². The molecule has 0 aliphatic heterocycles. The van der Waals surface area contributed by atoms with Crippen LogP contribution in [0.25, 0.3) is 0 Å². The number of rotatable bonds is 11. The molecule has 5 nitrogen and oxygen atoms in total. The lowest BCUT2D eigenvalue weighted by atomic mass is 10.1. The van der Waals surface area contributed by atoms with Crippen LogP contribution in [0.3, 0.4) is 0 Å². The van der Waals surface area contributed by atoms with Gasteiger partial charge in [0.05, 0.1) is 6.61 Å². The highest BCUT2D eigenvalue weighted by atomic mass is 35.5. The quantitative estimate of drug-likeness (QED) is 0.391. The van der Waals surface area contributed by atoms with Gasteiger partial charge in [-0.15, -0.1) is 0 Å². The monoisotopic (exact) mass is 490 g/mol. The van der Waals surface area contributed by atoms with Crippen molar-refractivity contribution in [3.63, 3.8) is 0 Å². The first-order chi connectivity index (χ1) is 16.0. The first kappa shape index (κ1) is 25.4. The van der Waals surface area contributed by atoms with Crippen LogP contribution in [-0.4, -0.2) is 35.4 Å². The fourth-order valence-corrected chi connectivity index (χ4v) is 4.51. The molecule has 178 valence electrons. The first-order valence-electron chi connectivity index (χ1n) is 11.7. The van der Waals surface area contributed by atoms with Gasteiger partial charge in [0.2, 0.25) is 11.8 Å². The molecule has 0 aromatic heterocycles. The number of ether oxygens (including phenoxy) is 1. The van der Waals surface area contributed by atoms with Gasteiger partial charge in [0, 0.05) is 29.1 Å². The van der Waals surface area contributed by atoms with Gasteiger partial charge in [-0.25, -0.2) is 0 Å². The van der Waals surface area contributed by atoms with E-state index in [0.29, 0.717) is 41.8 Å². The fourth-order valence-electron chi connectivity index (χ4n) is 4.19. The van der Waals surface area contributed by atoms with E-state index in [0.717, 1.165) is 31.2 Å². The van der Waals surface area contributed by atoms with Gasteiger partial charge in [-0.05, 0) is 61.6 Å². The van der Waals surface area contributed by atoms with Crippen molar-refractivity contribution < 1.29 is 14.3 Å². The molecule has 0 unspecified atom stereocenters. The average Bonchev–Trinajstić information content (AvgIpc) is 3.32. The van der Waals surface area contributed by atoms with E-state index in [9.17, 15) is 9.59 Å². The topological polar surface area (TPSA) is 58.6 Å². The maximum Gasteiger partial charge on any atom is 0.243 e. The third kappa shape index (κ3) is 7.65. The summed E-state index contributed by atoms with van der Waals surface area (Å²) in [5.41, 5.74) is 0.831. The molecule has 0 saturated heterocycles. The highest BCUT2D eigenvalue weighted by molar-refractivity contribution is 6.31. The summed E-state index contributed by atoms with van der Waals surface area (Å²) in [6.45, 7) is 2.64. The molecular weight excluding hydrogens is 459 g/mol. The van der Waals surface area contributed by atoms with E-state index >= 15 is 0 Å². The Labute approximate surface area is 206 Å². The number of amides is 2. The Morgan fingerprint density at radius 1 is 1.09 bits per heavy atom. The minimum absolute atomic E-state index is 0.0805. The van der Waals surface area contributed by atoms with Crippen molar-refractivity contribution in [3.05, 3.63) is 64.1 Å². The predicted molar refractivity (Wildman–Crippen MR) is 133 cm³/mol. The van der Waals surface area contributed by atoms with Crippen molar-refractivity contribution in [2.24, 2.45) is 0 Å². The molecule has 2 amide bonds. The lowest BCUT2D eigenvalue weighted by Crippen LogP contribution is -2.51. The predicted octanol–water partition coefficient (Wildman–Crippen LogP) is 6.02. The van der Waals surface area contributed by atoms with Crippen molar-refractivity contribution in [2.75, 3.05) is 6.61 Å². The Balaban J connectivity index is 1.65. The van der Waals surface area contributed by atoms with E-state index < -0.39 is 6.04 Å². The Morgan fingerprint density at radius 3 is 2.45 bits per heavy atom. The maximum absolute atomic E-state index is 13.3. The summed E-state index contributed by atoms with van der Waals surface area (Å²) in [4.78, 5) is 28.1. The second-order valence-electron chi connectivity index (χ2n) is 8.43. The van der Waals surface area contributed by atoms with E-state index in [1.54, 1.807) is 35.2 Å². The summed E-state index contributed by atoms with van der Waals surface area (Å²) in [6.07, 6.45) is 5.64. The molecule has 1 saturated carbocycles. The van der Waals surface area contributed by atoms with Crippen LogP contribution in [0.2, 0.25) is 10.0 Å². The summed E-state index contributed by atoms with van der Waals surface area (Å²) in [7, 11) is 0. The van der Waals surface area contributed by atoms with E-state index in [1.165, 1.54) is 0 Å². The molecule has 2 aromatic rings. The molecular formula is C26H32Cl2N2O3. The van der Waals surface area contributed by atoms with E-state index in [-0.39, 0.29) is 24.3 Å². The Hall–Kier alpha value is -2.24. The van der Waals surface area contributed by atoms with E-state index in [2.05, 4.69) is 5.32 Å². The van der Waals surface area contributed by atoms with Crippen LogP contribution in [0, 0.1) is 0 Å². The average molecular weight is 491 g/mol. The molecule has 2 aromatic carbocycles. The highest BCUT2D eigenvalue weighted by Crippen LogP contribution is 2.22. The van der Waals surface area contributed by atoms with Crippen molar-refractivity contribution in [3.8, 4) is 5.75 Å². The highest BCUT2D eigenvalue weighted by Gasteiger charge is 2.30. The van der Waals surface area contributed by atoms with Gasteiger partial charge in [-0.2, -0.15) is 0 Å². The number of halogens is 2. The molecule has 0 heterocycles. The molecule has 0 spiro atoms. The SMILES string of the molecule is CC[C@@H](C(=O)NC1CCCC1)N(Cc1ccccc1Cl)C(=O)CCCOc1ccc(Cl)cc1. The van der Waals surface area contributed by atoms with Crippen LogP contribution in [-0.2, 0) is 16.1 Å². The summed E-state index contributed by atoms with van der Waals surface area (Å²) in [5, 5.41) is 4.40. The molecule has 1 atom stereocenters. The smallest absolute Gasteiger partial charge is 0.243 e. The number of nitrogens with one attached hydrogen (secondary N) is 1. The van der Waals surface area contributed by atoms with Gasteiger partial charge in [0.15, 0.2) is 0 Å². The molecule has 1 aliphatic carbocycles. The third-order valence-electron chi connectivity index (χ3n) is 6.00. The van der Waals surface area contributed by atoms with Gasteiger partial charge in [0.1, 0.15) is 11.8 Å². The summed E-state index contributed by atoms with van der Waals surface area (Å²) in [6, 6.07) is 14.3. The summed E-state index contributed by atoms with van der Waals surface area (Å²) >= 11 is 12.3. The van der Waals surface area contributed by atoms with Crippen LogP contribution in [0.4, 0.5) is 0 Å². The molecule has 1 fully saturated rings. The number of nitrogens with zero attached hydrogens (tertiary/aromatic N) is 1. The third-order valence-corrected chi connectivity index (χ3v) is 6.62. The zero-order valence-corrected chi connectivity index (χ0v) is 20.6. The normalized spacial score (nSPS) is 14.6. The standard InChI is InChI=1S/C26H32Cl2N2O3/c1-2-24(26(32)29-21-9-4-5-10-21)30(18-19-8-3-6-11-23(19)28)25(31)12-7-17-33-22-15-13-20(27)14-16-22/h3,6,8,11,13-16,21,24H,2,4-5,7,9-10,12,17-18H2,1H3,(H,29,32)/t24-/m0/s1. The van der Waals surface area contributed by atoms with Crippen molar-refractivity contribution >= 4 is 35.0 Å². The summed E-state index contributed by atoms with van der Waals surface area (Å²) in [5.74, 6) is 0.549. The Morgan fingerprint density at radius 2 is 1.79 bits per heavy atom. The largest absolute Gasteiger partial charge is 0.494 e. The van der Waals surface area contributed by atoms with Crippen LogP contribution in [0.1, 0.15) is 57.4 Å². The van der Waals surface area contributed by atoms with Crippen LogP contribution in [0.15, 0.2) is 48.5 Å². The zero-order valence-electron chi connectivity index (χ0n) is 19.1.